The predicted molar refractivity (Wildman–Crippen MR) is 74.2 cm³/mol. The number of benzene rings is 1. The zero-order valence-electron chi connectivity index (χ0n) is 10.5. The van der Waals surface area contributed by atoms with Crippen LogP contribution in [0.4, 0.5) is 0 Å². The lowest BCUT2D eigenvalue weighted by Crippen LogP contribution is -2.20. The first-order valence-electron chi connectivity index (χ1n) is 6.26. The van der Waals surface area contributed by atoms with Gasteiger partial charge in [0.1, 0.15) is 5.75 Å². The Morgan fingerprint density at radius 2 is 1.94 bits per heavy atom. The summed E-state index contributed by atoms with van der Waals surface area (Å²) in [6.45, 7) is 4.02. The molecular formula is C14H20BrNO. The Balaban J connectivity index is 2.40. The Bertz CT molecular complexity index is 425. The van der Waals surface area contributed by atoms with Crippen LogP contribution in [0.1, 0.15) is 48.4 Å². The molecule has 1 saturated carbocycles. The minimum Gasteiger partial charge on any atom is -0.508 e. The second-order valence-corrected chi connectivity index (χ2v) is 5.93. The van der Waals surface area contributed by atoms with E-state index in [0.717, 1.165) is 21.2 Å². The van der Waals surface area contributed by atoms with Gasteiger partial charge in [0.2, 0.25) is 0 Å². The molecule has 1 aromatic carbocycles. The average molecular weight is 298 g/mol. The highest BCUT2D eigenvalue weighted by atomic mass is 79.9. The number of aryl methyl sites for hydroxylation is 1. The first-order chi connectivity index (χ1) is 8.02. The van der Waals surface area contributed by atoms with Crippen LogP contribution < -0.4 is 5.73 Å². The van der Waals surface area contributed by atoms with Crippen LogP contribution in [0.5, 0.6) is 5.75 Å². The first-order valence-corrected chi connectivity index (χ1v) is 7.05. The highest BCUT2D eigenvalue weighted by Crippen LogP contribution is 2.41. The van der Waals surface area contributed by atoms with Crippen molar-refractivity contribution in [1.29, 1.82) is 0 Å². The molecule has 0 amide bonds. The van der Waals surface area contributed by atoms with Gasteiger partial charge in [0.25, 0.3) is 0 Å². The van der Waals surface area contributed by atoms with Gasteiger partial charge in [-0.05, 0) is 49.8 Å². The van der Waals surface area contributed by atoms with Crippen LogP contribution in [0.15, 0.2) is 10.5 Å². The fourth-order valence-corrected chi connectivity index (χ4v) is 3.25. The van der Waals surface area contributed by atoms with Gasteiger partial charge in [0.05, 0.1) is 0 Å². The number of phenolic OH excluding ortho intramolecular Hbond substituents is 1. The zero-order valence-corrected chi connectivity index (χ0v) is 12.0. The van der Waals surface area contributed by atoms with Crippen molar-refractivity contribution >= 4 is 15.9 Å². The fraction of sp³-hybridized carbons (Fsp3) is 0.571. The van der Waals surface area contributed by atoms with Gasteiger partial charge >= 0.3 is 0 Å². The molecule has 1 aromatic rings. The maximum absolute atomic E-state index is 10.1. The lowest BCUT2D eigenvalue weighted by Gasteiger charge is -2.23. The molecule has 0 saturated heterocycles. The van der Waals surface area contributed by atoms with Gasteiger partial charge in [-0.2, -0.15) is 0 Å². The van der Waals surface area contributed by atoms with Gasteiger partial charge in [-0.15, -0.1) is 0 Å². The van der Waals surface area contributed by atoms with Crippen molar-refractivity contribution in [2.75, 3.05) is 0 Å². The monoisotopic (exact) mass is 297 g/mol. The smallest absolute Gasteiger partial charge is 0.120 e. The Labute approximate surface area is 111 Å². The number of halogens is 1. The van der Waals surface area contributed by atoms with Gasteiger partial charge in [-0.3, -0.25) is 0 Å². The number of hydrogen-bond donors (Lipinski definition) is 2. The number of hydrogen-bond acceptors (Lipinski definition) is 2. The van der Waals surface area contributed by atoms with Crippen molar-refractivity contribution < 1.29 is 5.11 Å². The molecule has 0 aromatic heterocycles. The van der Waals surface area contributed by atoms with E-state index in [1.54, 1.807) is 6.07 Å². The van der Waals surface area contributed by atoms with E-state index >= 15 is 0 Å². The van der Waals surface area contributed by atoms with Crippen LogP contribution in [0.25, 0.3) is 0 Å². The van der Waals surface area contributed by atoms with Crippen molar-refractivity contribution in [2.24, 2.45) is 11.7 Å². The van der Waals surface area contributed by atoms with E-state index in [4.69, 9.17) is 5.73 Å². The van der Waals surface area contributed by atoms with E-state index in [0.29, 0.717) is 11.7 Å². The molecule has 0 unspecified atom stereocenters. The maximum atomic E-state index is 10.1. The lowest BCUT2D eigenvalue weighted by molar-refractivity contribution is 0.410. The molecule has 17 heavy (non-hydrogen) atoms. The standard InChI is InChI=1S/C14H20BrNO/c1-8-7-11(17)12(9(2)13(8)15)14(16)10-5-3-4-6-10/h7,10,14,17H,3-6,16H2,1-2H3/t14-/m0/s1. The predicted octanol–water partition coefficient (Wildman–Crippen LogP) is 3.96. The largest absolute Gasteiger partial charge is 0.508 e. The Morgan fingerprint density at radius 3 is 2.53 bits per heavy atom. The van der Waals surface area contributed by atoms with Gasteiger partial charge < -0.3 is 10.8 Å². The number of nitrogens with two attached hydrogens (primary N) is 1. The summed E-state index contributed by atoms with van der Waals surface area (Å²) >= 11 is 3.57. The molecule has 0 radical (unpaired) electrons. The molecule has 3 heteroatoms. The quantitative estimate of drug-likeness (QED) is 0.868. The summed E-state index contributed by atoms with van der Waals surface area (Å²) in [6, 6.07) is 1.77. The topological polar surface area (TPSA) is 46.2 Å². The van der Waals surface area contributed by atoms with E-state index in [2.05, 4.69) is 15.9 Å². The van der Waals surface area contributed by atoms with Crippen LogP contribution in [-0.2, 0) is 0 Å². The molecule has 1 aliphatic carbocycles. The summed E-state index contributed by atoms with van der Waals surface area (Å²) in [5.41, 5.74) is 9.41. The molecular weight excluding hydrogens is 278 g/mol. The van der Waals surface area contributed by atoms with Gasteiger partial charge in [-0.1, -0.05) is 28.8 Å². The summed E-state index contributed by atoms with van der Waals surface area (Å²) in [5, 5.41) is 10.1. The van der Waals surface area contributed by atoms with Crippen molar-refractivity contribution in [1.82, 2.24) is 0 Å². The van der Waals surface area contributed by atoms with Crippen LogP contribution >= 0.6 is 15.9 Å². The Morgan fingerprint density at radius 1 is 1.35 bits per heavy atom. The van der Waals surface area contributed by atoms with Crippen LogP contribution in [0, 0.1) is 19.8 Å². The van der Waals surface area contributed by atoms with E-state index in [1.165, 1.54) is 25.7 Å². The summed E-state index contributed by atoms with van der Waals surface area (Å²) in [6.07, 6.45) is 4.91. The second-order valence-electron chi connectivity index (χ2n) is 5.14. The van der Waals surface area contributed by atoms with Crippen molar-refractivity contribution in [3.8, 4) is 5.75 Å². The maximum Gasteiger partial charge on any atom is 0.120 e. The fourth-order valence-electron chi connectivity index (χ4n) is 2.93. The summed E-state index contributed by atoms with van der Waals surface area (Å²) in [4.78, 5) is 0. The molecule has 1 fully saturated rings. The van der Waals surface area contributed by atoms with Gasteiger partial charge in [-0.25, -0.2) is 0 Å². The third kappa shape index (κ3) is 2.36. The Hall–Kier alpha value is -0.540. The Kier molecular flexibility index (Phi) is 3.79. The third-order valence-electron chi connectivity index (χ3n) is 3.95. The molecule has 1 aliphatic rings. The SMILES string of the molecule is Cc1cc(O)c([C@@H](N)C2CCCC2)c(C)c1Br. The molecule has 1 atom stereocenters. The molecule has 2 nitrogen and oxygen atoms in total. The normalized spacial score (nSPS) is 18.6. The zero-order chi connectivity index (χ0) is 12.6. The van der Waals surface area contributed by atoms with Crippen LogP contribution in [0.3, 0.4) is 0 Å². The minimum atomic E-state index is -0.0330. The van der Waals surface area contributed by atoms with Gasteiger partial charge in [0, 0.05) is 16.1 Å². The van der Waals surface area contributed by atoms with Crippen molar-refractivity contribution in [3.05, 3.63) is 27.2 Å². The molecule has 0 bridgehead atoms. The molecule has 2 rings (SSSR count). The summed E-state index contributed by atoms with van der Waals surface area (Å²) in [7, 11) is 0. The van der Waals surface area contributed by atoms with E-state index < -0.39 is 0 Å². The minimum absolute atomic E-state index is 0.0330. The number of aromatic hydroxyl groups is 1. The molecule has 0 aliphatic heterocycles. The first kappa shape index (κ1) is 12.9. The summed E-state index contributed by atoms with van der Waals surface area (Å²) < 4.78 is 1.07. The molecule has 0 heterocycles. The van der Waals surface area contributed by atoms with E-state index in [9.17, 15) is 5.11 Å². The van der Waals surface area contributed by atoms with Crippen molar-refractivity contribution in [3.63, 3.8) is 0 Å². The van der Waals surface area contributed by atoms with Crippen molar-refractivity contribution in [2.45, 2.75) is 45.6 Å². The second kappa shape index (κ2) is 4.99. The van der Waals surface area contributed by atoms with Crippen LogP contribution in [-0.4, -0.2) is 5.11 Å². The summed E-state index contributed by atoms with van der Waals surface area (Å²) in [5.74, 6) is 0.872. The highest BCUT2D eigenvalue weighted by Gasteiger charge is 2.27. The molecule has 3 N–H and O–H groups in total. The van der Waals surface area contributed by atoms with E-state index in [-0.39, 0.29) is 6.04 Å². The molecule has 0 spiro atoms. The van der Waals surface area contributed by atoms with Crippen LogP contribution in [0.2, 0.25) is 0 Å². The van der Waals surface area contributed by atoms with Gasteiger partial charge in [0.15, 0.2) is 0 Å². The number of rotatable bonds is 2. The van der Waals surface area contributed by atoms with E-state index in [1.807, 2.05) is 13.8 Å². The average Bonchev–Trinajstić information content (AvgIpc) is 2.79. The lowest BCUT2D eigenvalue weighted by atomic mass is 9.88. The molecule has 94 valence electrons. The third-order valence-corrected chi connectivity index (χ3v) is 5.17. The highest BCUT2D eigenvalue weighted by molar-refractivity contribution is 9.10. The number of phenols is 1.